The van der Waals surface area contributed by atoms with Gasteiger partial charge >= 0.3 is 0 Å². The lowest BCUT2D eigenvalue weighted by molar-refractivity contribution is 0.684. The number of thiol groups is 2. The van der Waals surface area contributed by atoms with E-state index >= 15 is 0 Å². The predicted octanol–water partition coefficient (Wildman–Crippen LogP) is 2.00. The molecular formula is C14H23N3S2. The summed E-state index contributed by atoms with van der Waals surface area (Å²) < 4.78 is 0. The van der Waals surface area contributed by atoms with Crippen LogP contribution in [0.3, 0.4) is 0 Å². The first-order valence-corrected chi connectivity index (χ1v) is 8.23. The zero-order chi connectivity index (χ0) is 13.5. The van der Waals surface area contributed by atoms with E-state index in [0.29, 0.717) is 0 Å². The molecule has 0 spiro atoms. The standard InChI is InChI=1S/C14H23N3S2/c18-5-3-15-9-13-7-12(11-1-2-11)8-14(17-13)10-16-4-6-19/h7-8,11,15-16,18-19H,1-6,9-10H2. The summed E-state index contributed by atoms with van der Waals surface area (Å²) in [5, 5.41) is 6.72. The predicted molar refractivity (Wildman–Crippen MR) is 87.3 cm³/mol. The monoisotopic (exact) mass is 297 g/mol. The fourth-order valence-electron chi connectivity index (χ4n) is 2.10. The van der Waals surface area contributed by atoms with Crippen molar-refractivity contribution in [2.45, 2.75) is 31.8 Å². The van der Waals surface area contributed by atoms with Gasteiger partial charge in [-0.05, 0) is 36.5 Å². The summed E-state index contributed by atoms with van der Waals surface area (Å²) in [4.78, 5) is 4.71. The van der Waals surface area contributed by atoms with E-state index < -0.39 is 0 Å². The van der Waals surface area contributed by atoms with Crippen LogP contribution >= 0.6 is 25.3 Å². The van der Waals surface area contributed by atoms with Gasteiger partial charge in [-0.15, -0.1) is 0 Å². The highest BCUT2D eigenvalue weighted by Gasteiger charge is 2.24. The number of rotatable bonds is 9. The number of nitrogens with zero attached hydrogens (tertiary/aromatic N) is 1. The number of nitrogens with one attached hydrogen (secondary N) is 2. The summed E-state index contributed by atoms with van der Waals surface area (Å²) in [6.07, 6.45) is 2.66. The number of hydrogen-bond acceptors (Lipinski definition) is 5. The first-order chi connectivity index (χ1) is 9.33. The van der Waals surface area contributed by atoms with E-state index in [1.54, 1.807) is 0 Å². The van der Waals surface area contributed by atoms with Crippen LogP contribution < -0.4 is 10.6 Å². The zero-order valence-electron chi connectivity index (χ0n) is 11.2. The van der Waals surface area contributed by atoms with Gasteiger partial charge in [0.1, 0.15) is 0 Å². The van der Waals surface area contributed by atoms with Gasteiger partial charge in [0.05, 0.1) is 11.4 Å². The second kappa shape index (κ2) is 8.15. The Morgan fingerprint density at radius 1 is 1.00 bits per heavy atom. The van der Waals surface area contributed by atoms with Crippen LogP contribution in [0.1, 0.15) is 35.7 Å². The van der Waals surface area contributed by atoms with Crippen molar-refractivity contribution in [3.05, 3.63) is 29.1 Å². The number of pyridine rings is 1. The highest BCUT2D eigenvalue weighted by molar-refractivity contribution is 7.80. The van der Waals surface area contributed by atoms with Crippen molar-refractivity contribution >= 4 is 25.3 Å². The molecule has 5 heteroatoms. The molecule has 1 heterocycles. The molecule has 1 fully saturated rings. The van der Waals surface area contributed by atoms with Crippen molar-refractivity contribution in [1.29, 1.82) is 0 Å². The molecule has 0 radical (unpaired) electrons. The van der Waals surface area contributed by atoms with Gasteiger partial charge in [-0.2, -0.15) is 25.3 Å². The highest BCUT2D eigenvalue weighted by atomic mass is 32.1. The van der Waals surface area contributed by atoms with Crippen LogP contribution in [0.4, 0.5) is 0 Å². The molecule has 2 N–H and O–H groups in total. The fraction of sp³-hybridized carbons (Fsp3) is 0.643. The summed E-state index contributed by atoms with van der Waals surface area (Å²) in [7, 11) is 0. The van der Waals surface area contributed by atoms with Crippen LogP contribution in [0.5, 0.6) is 0 Å². The maximum Gasteiger partial charge on any atom is 0.0548 e. The molecule has 0 saturated heterocycles. The van der Waals surface area contributed by atoms with E-state index in [1.807, 2.05) is 0 Å². The molecule has 3 nitrogen and oxygen atoms in total. The smallest absolute Gasteiger partial charge is 0.0548 e. The van der Waals surface area contributed by atoms with Crippen molar-refractivity contribution in [1.82, 2.24) is 15.6 Å². The average Bonchev–Trinajstić information content (AvgIpc) is 3.24. The lowest BCUT2D eigenvalue weighted by atomic mass is 10.1. The molecule has 2 rings (SSSR count). The van der Waals surface area contributed by atoms with Crippen LogP contribution in [0.25, 0.3) is 0 Å². The van der Waals surface area contributed by atoms with Gasteiger partial charge in [-0.3, -0.25) is 4.98 Å². The molecule has 1 aromatic heterocycles. The summed E-state index contributed by atoms with van der Waals surface area (Å²) in [5.74, 6) is 2.49. The minimum absolute atomic E-state index is 0.773. The second-order valence-corrected chi connectivity index (χ2v) is 5.85. The van der Waals surface area contributed by atoms with Crippen molar-refractivity contribution in [2.75, 3.05) is 24.6 Å². The van der Waals surface area contributed by atoms with Crippen molar-refractivity contribution in [2.24, 2.45) is 0 Å². The van der Waals surface area contributed by atoms with E-state index in [0.717, 1.165) is 55.0 Å². The Morgan fingerprint density at radius 3 is 1.95 bits per heavy atom. The van der Waals surface area contributed by atoms with Crippen LogP contribution in [0.2, 0.25) is 0 Å². The Bertz CT molecular complexity index is 366. The Hall–Kier alpha value is -0.230. The Morgan fingerprint density at radius 2 is 1.53 bits per heavy atom. The van der Waals surface area contributed by atoms with Crippen LogP contribution in [-0.2, 0) is 13.1 Å². The van der Waals surface area contributed by atoms with Gasteiger partial charge in [0, 0.05) is 37.7 Å². The summed E-state index contributed by atoms with van der Waals surface area (Å²) in [5.41, 5.74) is 3.75. The second-order valence-electron chi connectivity index (χ2n) is 4.96. The lowest BCUT2D eigenvalue weighted by Crippen LogP contribution is -2.19. The normalized spacial score (nSPS) is 14.8. The van der Waals surface area contributed by atoms with E-state index in [4.69, 9.17) is 4.98 Å². The third-order valence-electron chi connectivity index (χ3n) is 3.19. The summed E-state index contributed by atoms with van der Waals surface area (Å²) >= 11 is 8.41. The quantitative estimate of drug-likeness (QED) is 0.416. The molecular weight excluding hydrogens is 274 g/mol. The van der Waals surface area contributed by atoms with Crippen LogP contribution in [-0.4, -0.2) is 29.6 Å². The third-order valence-corrected chi connectivity index (χ3v) is 3.64. The fourth-order valence-corrected chi connectivity index (χ4v) is 2.42. The zero-order valence-corrected chi connectivity index (χ0v) is 13.0. The average molecular weight is 297 g/mol. The van der Waals surface area contributed by atoms with Crippen LogP contribution in [0, 0.1) is 0 Å². The summed E-state index contributed by atoms with van der Waals surface area (Å²) in [6.45, 7) is 3.51. The van der Waals surface area contributed by atoms with Crippen molar-refractivity contribution < 1.29 is 0 Å². The van der Waals surface area contributed by atoms with E-state index in [-0.39, 0.29) is 0 Å². The van der Waals surface area contributed by atoms with Gasteiger partial charge in [-0.1, -0.05) is 0 Å². The molecule has 1 aromatic rings. The SMILES string of the molecule is SCCNCc1cc(C2CC2)cc(CNCCS)n1. The molecule has 1 aliphatic carbocycles. The molecule has 0 bridgehead atoms. The largest absolute Gasteiger partial charge is 0.310 e. The maximum absolute atomic E-state index is 4.71. The van der Waals surface area contributed by atoms with Crippen molar-refractivity contribution in [3.8, 4) is 0 Å². The topological polar surface area (TPSA) is 37.0 Å². The van der Waals surface area contributed by atoms with Gasteiger partial charge < -0.3 is 10.6 Å². The first-order valence-electron chi connectivity index (χ1n) is 6.96. The molecule has 0 amide bonds. The Balaban J connectivity index is 1.99. The Kier molecular flexibility index (Phi) is 6.50. The van der Waals surface area contributed by atoms with Crippen LogP contribution in [0.15, 0.2) is 12.1 Å². The van der Waals surface area contributed by atoms with Crippen molar-refractivity contribution in [3.63, 3.8) is 0 Å². The van der Waals surface area contributed by atoms with Gasteiger partial charge in [0.25, 0.3) is 0 Å². The lowest BCUT2D eigenvalue weighted by Gasteiger charge is -2.10. The molecule has 1 saturated carbocycles. The van der Waals surface area contributed by atoms with E-state index in [1.165, 1.54) is 18.4 Å². The molecule has 1 aliphatic rings. The van der Waals surface area contributed by atoms with Gasteiger partial charge in [0.2, 0.25) is 0 Å². The highest BCUT2D eigenvalue weighted by Crippen LogP contribution is 2.40. The molecule has 19 heavy (non-hydrogen) atoms. The Labute approximate surface area is 126 Å². The first kappa shape index (κ1) is 15.2. The van der Waals surface area contributed by atoms with E-state index in [9.17, 15) is 0 Å². The number of hydrogen-bond donors (Lipinski definition) is 4. The number of aromatic nitrogens is 1. The van der Waals surface area contributed by atoms with E-state index in [2.05, 4.69) is 48.0 Å². The molecule has 0 aliphatic heterocycles. The van der Waals surface area contributed by atoms with Gasteiger partial charge in [-0.25, -0.2) is 0 Å². The molecule has 0 aromatic carbocycles. The minimum Gasteiger partial charge on any atom is -0.310 e. The molecule has 0 atom stereocenters. The van der Waals surface area contributed by atoms with Gasteiger partial charge in [0.15, 0.2) is 0 Å². The minimum atomic E-state index is 0.773. The third kappa shape index (κ3) is 5.34. The maximum atomic E-state index is 4.71. The molecule has 0 unspecified atom stereocenters. The summed E-state index contributed by atoms with van der Waals surface area (Å²) in [6, 6.07) is 4.51. The molecule has 106 valence electrons.